The van der Waals surface area contributed by atoms with Crippen molar-refractivity contribution in [3.8, 4) is 16.9 Å². The average molecular weight is 381 g/mol. The highest BCUT2D eigenvalue weighted by atomic mass is 32.2. The molecule has 1 unspecified atom stereocenters. The molecule has 0 amide bonds. The van der Waals surface area contributed by atoms with Crippen molar-refractivity contribution in [2.24, 2.45) is 0 Å². The lowest BCUT2D eigenvalue weighted by atomic mass is 10.0. The van der Waals surface area contributed by atoms with Gasteiger partial charge in [0.1, 0.15) is 16.8 Å². The number of anilines is 2. The number of pyridine rings is 1. The van der Waals surface area contributed by atoms with Gasteiger partial charge in [0.15, 0.2) is 11.6 Å². The van der Waals surface area contributed by atoms with Crippen LogP contribution in [0.15, 0.2) is 24.4 Å². The van der Waals surface area contributed by atoms with Gasteiger partial charge in [-0.05, 0) is 30.2 Å². The number of nitrogens with two attached hydrogens (primary N) is 1. The zero-order valence-corrected chi connectivity index (χ0v) is 15.5. The summed E-state index contributed by atoms with van der Waals surface area (Å²) in [7, 11) is 1.17. The van der Waals surface area contributed by atoms with Crippen molar-refractivity contribution in [3.63, 3.8) is 0 Å². The Bertz CT molecular complexity index is 845. The minimum absolute atomic E-state index is 0.0612. The number of hydrogen-bond donors (Lipinski definition) is 2. The Morgan fingerprint density at radius 1 is 1.35 bits per heavy atom. The van der Waals surface area contributed by atoms with E-state index in [2.05, 4.69) is 14.4 Å². The molecule has 1 aromatic heterocycles. The summed E-state index contributed by atoms with van der Waals surface area (Å²) >= 11 is 0. The van der Waals surface area contributed by atoms with Gasteiger partial charge in [0.2, 0.25) is 0 Å². The molecule has 140 valence electrons. The van der Waals surface area contributed by atoms with Crippen molar-refractivity contribution in [3.05, 3.63) is 35.8 Å². The lowest BCUT2D eigenvalue weighted by molar-refractivity contribution is 0.0600. The van der Waals surface area contributed by atoms with E-state index in [0.717, 1.165) is 0 Å². The number of rotatable bonds is 7. The molecule has 1 aromatic carbocycles. The van der Waals surface area contributed by atoms with Crippen molar-refractivity contribution in [2.45, 2.75) is 13.3 Å². The van der Waals surface area contributed by atoms with Gasteiger partial charge < -0.3 is 19.9 Å². The van der Waals surface area contributed by atoms with Gasteiger partial charge in [0.05, 0.1) is 25.5 Å². The monoisotopic (exact) mass is 381 g/mol. The van der Waals surface area contributed by atoms with Crippen LogP contribution in [0.25, 0.3) is 11.1 Å². The van der Waals surface area contributed by atoms with Crippen molar-refractivity contribution in [1.82, 2.24) is 4.98 Å². The van der Waals surface area contributed by atoms with Crippen molar-refractivity contribution in [1.29, 1.82) is 0 Å². The number of esters is 1. The first-order chi connectivity index (χ1) is 12.4. The molecule has 26 heavy (non-hydrogen) atoms. The SMILES string of the molecule is CCCS(=O)Nc1cc(-c2cc(C(=O)OC)cnc2N)cc(F)c1OC. The Kier molecular flexibility index (Phi) is 6.51. The highest BCUT2D eigenvalue weighted by Gasteiger charge is 2.17. The molecule has 1 heterocycles. The van der Waals surface area contributed by atoms with Crippen molar-refractivity contribution < 1.29 is 22.9 Å². The second-order valence-corrected chi connectivity index (χ2v) is 6.64. The third-order valence-corrected chi connectivity index (χ3v) is 4.74. The average Bonchev–Trinajstić information content (AvgIpc) is 2.61. The number of nitrogens with zero attached hydrogens (tertiary/aromatic N) is 1. The summed E-state index contributed by atoms with van der Waals surface area (Å²) in [6, 6.07) is 4.22. The normalized spacial score (nSPS) is 11.7. The maximum atomic E-state index is 14.5. The zero-order chi connectivity index (χ0) is 19.3. The first-order valence-corrected chi connectivity index (χ1v) is 9.09. The molecule has 0 saturated carbocycles. The fourth-order valence-electron chi connectivity index (χ4n) is 2.33. The molecule has 0 aliphatic heterocycles. The third-order valence-electron chi connectivity index (χ3n) is 3.51. The van der Waals surface area contributed by atoms with Gasteiger partial charge in [-0.25, -0.2) is 18.4 Å². The lowest BCUT2D eigenvalue weighted by Gasteiger charge is -2.14. The fraction of sp³-hybridized carbons (Fsp3) is 0.294. The highest BCUT2D eigenvalue weighted by molar-refractivity contribution is 7.86. The number of benzene rings is 1. The summed E-state index contributed by atoms with van der Waals surface area (Å²) in [4.78, 5) is 15.7. The minimum Gasteiger partial charge on any atom is -0.492 e. The predicted octanol–water partition coefficient (Wildman–Crippen LogP) is 2.75. The van der Waals surface area contributed by atoms with E-state index in [1.807, 2.05) is 6.92 Å². The summed E-state index contributed by atoms with van der Waals surface area (Å²) < 4.78 is 38.9. The van der Waals surface area contributed by atoms with Crippen LogP contribution in [0, 0.1) is 5.82 Å². The molecule has 0 spiro atoms. The van der Waals surface area contributed by atoms with Gasteiger partial charge in [-0.15, -0.1) is 0 Å². The van der Waals surface area contributed by atoms with Crippen LogP contribution in [0.5, 0.6) is 5.75 Å². The van der Waals surface area contributed by atoms with Crippen LogP contribution in [-0.4, -0.2) is 35.1 Å². The molecule has 1 atom stereocenters. The summed E-state index contributed by atoms with van der Waals surface area (Å²) in [6.45, 7) is 1.89. The first kappa shape index (κ1) is 19.6. The van der Waals surface area contributed by atoms with E-state index in [-0.39, 0.29) is 22.8 Å². The standard InChI is InChI=1S/C17H20FN3O4S/c1-4-5-26(23)21-14-8-10(7-13(18)15(14)24-2)12-6-11(17(22)25-3)9-20-16(12)19/h6-9,21H,4-5H2,1-3H3,(H2,19,20). The van der Waals surface area contributed by atoms with Crippen LogP contribution in [-0.2, 0) is 15.7 Å². The van der Waals surface area contributed by atoms with E-state index >= 15 is 0 Å². The number of methoxy groups -OCH3 is 2. The number of aromatic nitrogens is 1. The summed E-state index contributed by atoms with van der Waals surface area (Å²) in [5, 5.41) is 0. The van der Waals surface area contributed by atoms with Crippen LogP contribution in [0.3, 0.4) is 0 Å². The molecule has 0 fully saturated rings. The Balaban J connectivity index is 2.55. The number of nitrogen functional groups attached to an aromatic ring is 1. The fourth-order valence-corrected chi connectivity index (χ4v) is 3.20. The largest absolute Gasteiger partial charge is 0.492 e. The maximum absolute atomic E-state index is 14.5. The molecule has 7 nitrogen and oxygen atoms in total. The molecular weight excluding hydrogens is 361 g/mol. The Morgan fingerprint density at radius 2 is 2.08 bits per heavy atom. The van der Waals surface area contributed by atoms with Gasteiger partial charge in [-0.2, -0.15) is 0 Å². The molecule has 2 aromatic rings. The van der Waals surface area contributed by atoms with Crippen LogP contribution in [0.4, 0.5) is 15.9 Å². The smallest absolute Gasteiger partial charge is 0.339 e. The third kappa shape index (κ3) is 4.29. The number of nitrogens with one attached hydrogen (secondary N) is 1. The second kappa shape index (κ2) is 8.61. The topological polar surface area (TPSA) is 104 Å². The maximum Gasteiger partial charge on any atom is 0.339 e. The van der Waals surface area contributed by atoms with E-state index in [1.54, 1.807) is 6.07 Å². The van der Waals surface area contributed by atoms with E-state index in [1.165, 1.54) is 32.5 Å². The van der Waals surface area contributed by atoms with Crippen LogP contribution in [0.2, 0.25) is 0 Å². The highest BCUT2D eigenvalue weighted by Crippen LogP contribution is 2.36. The second-order valence-electron chi connectivity index (χ2n) is 5.34. The van der Waals surface area contributed by atoms with Gasteiger partial charge in [0, 0.05) is 17.5 Å². The first-order valence-electron chi connectivity index (χ1n) is 7.78. The van der Waals surface area contributed by atoms with Gasteiger partial charge in [-0.3, -0.25) is 0 Å². The van der Waals surface area contributed by atoms with Crippen molar-refractivity contribution >= 4 is 28.5 Å². The molecule has 0 aliphatic carbocycles. The molecule has 0 bridgehead atoms. The molecular formula is C17H20FN3O4S. The molecule has 3 N–H and O–H groups in total. The van der Waals surface area contributed by atoms with Crippen LogP contribution < -0.4 is 15.2 Å². The van der Waals surface area contributed by atoms with Crippen LogP contribution in [0.1, 0.15) is 23.7 Å². The zero-order valence-electron chi connectivity index (χ0n) is 14.7. The van der Waals surface area contributed by atoms with E-state index in [4.69, 9.17) is 10.5 Å². The quantitative estimate of drug-likeness (QED) is 0.715. The number of carbonyl (C=O) groups is 1. The minimum atomic E-state index is -1.39. The number of carbonyl (C=O) groups excluding carboxylic acids is 1. The van der Waals surface area contributed by atoms with Crippen LogP contribution >= 0.6 is 0 Å². The van der Waals surface area contributed by atoms with Gasteiger partial charge >= 0.3 is 5.97 Å². The van der Waals surface area contributed by atoms with E-state index in [9.17, 15) is 13.4 Å². The Morgan fingerprint density at radius 3 is 2.69 bits per heavy atom. The Hall–Kier alpha value is -2.68. The van der Waals surface area contributed by atoms with Gasteiger partial charge in [-0.1, -0.05) is 6.92 Å². The molecule has 9 heteroatoms. The van der Waals surface area contributed by atoms with E-state index < -0.39 is 22.8 Å². The summed E-state index contributed by atoms with van der Waals surface area (Å²) in [6.07, 6.45) is 1.97. The van der Waals surface area contributed by atoms with Crippen molar-refractivity contribution in [2.75, 3.05) is 30.4 Å². The molecule has 0 saturated heterocycles. The number of ether oxygens (including phenoxy) is 2. The Labute approximate surface area is 153 Å². The van der Waals surface area contributed by atoms with Gasteiger partial charge in [0.25, 0.3) is 0 Å². The van der Waals surface area contributed by atoms with E-state index in [0.29, 0.717) is 23.3 Å². The summed E-state index contributed by atoms with van der Waals surface area (Å²) in [5.74, 6) is -0.799. The predicted molar refractivity (Wildman–Crippen MR) is 98.9 cm³/mol. The number of halogens is 1. The lowest BCUT2D eigenvalue weighted by Crippen LogP contribution is -2.10. The molecule has 0 radical (unpaired) electrons. The molecule has 2 rings (SSSR count). The summed E-state index contributed by atoms with van der Waals surface area (Å²) in [5.41, 5.74) is 6.99. The number of hydrogen-bond acceptors (Lipinski definition) is 6. The molecule has 0 aliphatic rings.